The molecule has 4 heteroatoms. The van der Waals surface area contributed by atoms with Gasteiger partial charge in [0.1, 0.15) is 5.75 Å². The summed E-state index contributed by atoms with van der Waals surface area (Å²) in [5.74, 6) is 0.560. The lowest BCUT2D eigenvalue weighted by molar-refractivity contribution is 0.0952. The van der Waals surface area contributed by atoms with Gasteiger partial charge in [-0.2, -0.15) is 0 Å². The molecule has 1 aromatic carbocycles. The highest BCUT2D eigenvalue weighted by Crippen LogP contribution is 2.09. The highest BCUT2D eigenvalue weighted by Gasteiger charge is 2.04. The molecule has 0 saturated carbocycles. The zero-order chi connectivity index (χ0) is 12.7. The molecule has 0 saturated heterocycles. The van der Waals surface area contributed by atoms with Gasteiger partial charge in [0.05, 0.1) is 0 Å². The number of carbonyl (C=O) groups is 1. The molecule has 1 aromatic rings. The second kappa shape index (κ2) is 6.91. The molecule has 1 amide bonds. The molecule has 17 heavy (non-hydrogen) atoms. The summed E-state index contributed by atoms with van der Waals surface area (Å²) in [5, 5.41) is 11.9. The standard InChI is InChI=1S/C13H20N2O2/c1-10(9-14)3-2-8-15-13(17)11-4-6-12(16)7-5-11/h4-7,10,16H,2-3,8-9,14H2,1H3,(H,15,17). The van der Waals surface area contributed by atoms with Crippen molar-refractivity contribution in [3.63, 3.8) is 0 Å². The van der Waals surface area contributed by atoms with Gasteiger partial charge < -0.3 is 16.2 Å². The van der Waals surface area contributed by atoms with Crippen LogP contribution < -0.4 is 11.1 Å². The lowest BCUT2D eigenvalue weighted by Crippen LogP contribution is -2.25. The summed E-state index contributed by atoms with van der Waals surface area (Å²) < 4.78 is 0. The first-order chi connectivity index (χ1) is 8.13. The number of nitrogens with two attached hydrogens (primary N) is 1. The van der Waals surface area contributed by atoms with E-state index in [4.69, 9.17) is 10.8 Å². The Kier molecular flexibility index (Phi) is 5.49. The molecule has 1 rings (SSSR count). The summed E-state index contributed by atoms with van der Waals surface area (Å²) in [7, 11) is 0. The number of carbonyl (C=O) groups excluding carboxylic acids is 1. The van der Waals surface area contributed by atoms with Crippen molar-refractivity contribution in [3.8, 4) is 5.75 Å². The zero-order valence-corrected chi connectivity index (χ0v) is 10.1. The summed E-state index contributed by atoms with van der Waals surface area (Å²) in [4.78, 5) is 11.7. The van der Waals surface area contributed by atoms with E-state index in [9.17, 15) is 4.79 Å². The Morgan fingerprint density at radius 1 is 1.41 bits per heavy atom. The number of aromatic hydroxyl groups is 1. The normalized spacial score (nSPS) is 12.1. The summed E-state index contributed by atoms with van der Waals surface area (Å²) >= 11 is 0. The van der Waals surface area contributed by atoms with Gasteiger partial charge in [-0.25, -0.2) is 0 Å². The van der Waals surface area contributed by atoms with Crippen LogP contribution >= 0.6 is 0 Å². The van der Waals surface area contributed by atoms with Crippen LogP contribution in [-0.2, 0) is 0 Å². The molecule has 0 heterocycles. The highest BCUT2D eigenvalue weighted by molar-refractivity contribution is 5.94. The van der Waals surface area contributed by atoms with Crippen molar-refractivity contribution in [1.29, 1.82) is 0 Å². The van der Waals surface area contributed by atoms with Crippen molar-refractivity contribution in [3.05, 3.63) is 29.8 Å². The summed E-state index contributed by atoms with van der Waals surface area (Å²) in [5.41, 5.74) is 6.07. The van der Waals surface area contributed by atoms with Gasteiger partial charge in [-0.1, -0.05) is 6.92 Å². The van der Waals surface area contributed by atoms with E-state index in [1.165, 1.54) is 12.1 Å². The molecular weight excluding hydrogens is 216 g/mol. The number of nitrogens with one attached hydrogen (secondary N) is 1. The molecule has 4 N–H and O–H groups in total. The van der Waals surface area contributed by atoms with Gasteiger partial charge in [0, 0.05) is 12.1 Å². The third-order valence-electron chi connectivity index (χ3n) is 2.69. The van der Waals surface area contributed by atoms with Gasteiger partial charge in [0.25, 0.3) is 5.91 Å². The quantitative estimate of drug-likeness (QED) is 0.655. The maximum absolute atomic E-state index is 11.7. The van der Waals surface area contributed by atoms with Crippen molar-refractivity contribution in [2.45, 2.75) is 19.8 Å². The molecule has 0 aromatic heterocycles. The topological polar surface area (TPSA) is 75.3 Å². The van der Waals surface area contributed by atoms with E-state index in [2.05, 4.69) is 12.2 Å². The Labute approximate surface area is 102 Å². The van der Waals surface area contributed by atoms with E-state index in [1.807, 2.05) is 0 Å². The van der Waals surface area contributed by atoms with E-state index < -0.39 is 0 Å². The van der Waals surface area contributed by atoms with Crippen LogP contribution in [0.25, 0.3) is 0 Å². The van der Waals surface area contributed by atoms with Crippen molar-refractivity contribution >= 4 is 5.91 Å². The fourth-order valence-corrected chi connectivity index (χ4v) is 1.49. The molecule has 0 aliphatic carbocycles. The van der Waals surface area contributed by atoms with E-state index in [0.717, 1.165) is 12.8 Å². The summed E-state index contributed by atoms with van der Waals surface area (Å²) in [6, 6.07) is 6.22. The minimum atomic E-state index is -0.106. The van der Waals surface area contributed by atoms with Crippen LogP contribution in [0.1, 0.15) is 30.1 Å². The van der Waals surface area contributed by atoms with E-state index in [0.29, 0.717) is 24.6 Å². The fraction of sp³-hybridized carbons (Fsp3) is 0.462. The predicted octanol–water partition coefficient (Wildman–Crippen LogP) is 1.50. The number of phenolic OH excluding ortho intramolecular Hbond substituents is 1. The van der Waals surface area contributed by atoms with Gasteiger partial charge in [0.2, 0.25) is 0 Å². The Morgan fingerprint density at radius 3 is 2.65 bits per heavy atom. The Bertz CT molecular complexity index is 349. The lowest BCUT2D eigenvalue weighted by atomic mass is 10.1. The minimum absolute atomic E-state index is 0.106. The monoisotopic (exact) mass is 236 g/mol. The molecule has 0 fully saturated rings. The molecular formula is C13H20N2O2. The van der Waals surface area contributed by atoms with Crippen LogP contribution in [0.15, 0.2) is 24.3 Å². The molecule has 0 radical (unpaired) electrons. The number of phenols is 1. The van der Waals surface area contributed by atoms with E-state index in [-0.39, 0.29) is 11.7 Å². The number of hydrogen-bond donors (Lipinski definition) is 3. The Hall–Kier alpha value is -1.55. The molecule has 94 valence electrons. The number of amides is 1. The number of benzene rings is 1. The minimum Gasteiger partial charge on any atom is -0.508 e. The SMILES string of the molecule is CC(CN)CCCNC(=O)c1ccc(O)cc1. The summed E-state index contributed by atoms with van der Waals surface area (Å²) in [6.45, 7) is 3.44. The first-order valence-electron chi connectivity index (χ1n) is 5.90. The second-order valence-electron chi connectivity index (χ2n) is 4.29. The van der Waals surface area contributed by atoms with Crippen LogP contribution in [0.5, 0.6) is 5.75 Å². The van der Waals surface area contributed by atoms with Crippen LogP contribution in [0, 0.1) is 5.92 Å². The van der Waals surface area contributed by atoms with Crippen LogP contribution in [0.3, 0.4) is 0 Å². The van der Waals surface area contributed by atoms with Gasteiger partial charge in [-0.15, -0.1) is 0 Å². The average Bonchev–Trinajstić information content (AvgIpc) is 2.34. The Balaban J connectivity index is 2.28. The predicted molar refractivity (Wildman–Crippen MR) is 67.9 cm³/mol. The van der Waals surface area contributed by atoms with Crippen LogP contribution in [0.2, 0.25) is 0 Å². The van der Waals surface area contributed by atoms with Gasteiger partial charge in [0.15, 0.2) is 0 Å². The highest BCUT2D eigenvalue weighted by atomic mass is 16.3. The average molecular weight is 236 g/mol. The third-order valence-corrected chi connectivity index (χ3v) is 2.69. The lowest BCUT2D eigenvalue weighted by Gasteiger charge is -2.08. The maximum Gasteiger partial charge on any atom is 0.251 e. The molecule has 1 unspecified atom stereocenters. The Morgan fingerprint density at radius 2 is 2.06 bits per heavy atom. The van der Waals surface area contributed by atoms with E-state index >= 15 is 0 Å². The first-order valence-corrected chi connectivity index (χ1v) is 5.90. The van der Waals surface area contributed by atoms with Crippen molar-refractivity contribution in [2.24, 2.45) is 11.7 Å². The zero-order valence-electron chi connectivity index (χ0n) is 10.1. The summed E-state index contributed by atoms with van der Waals surface area (Å²) in [6.07, 6.45) is 1.95. The molecule has 0 bridgehead atoms. The largest absolute Gasteiger partial charge is 0.508 e. The van der Waals surface area contributed by atoms with E-state index in [1.54, 1.807) is 12.1 Å². The maximum atomic E-state index is 11.7. The van der Waals surface area contributed by atoms with Gasteiger partial charge in [-0.05, 0) is 49.6 Å². The van der Waals surface area contributed by atoms with Crippen molar-refractivity contribution in [2.75, 3.05) is 13.1 Å². The molecule has 1 atom stereocenters. The third kappa shape index (κ3) is 4.87. The van der Waals surface area contributed by atoms with Crippen LogP contribution in [0.4, 0.5) is 0 Å². The van der Waals surface area contributed by atoms with Crippen molar-refractivity contribution in [1.82, 2.24) is 5.32 Å². The first kappa shape index (κ1) is 13.5. The molecule has 0 aliphatic heterocycles. The van der Waals surface area contributed by atoms with Crippen LogP contribution in [-0.4, -0.2) is 24.1 Å². The second-order valence-corrected chi connectivity index (χ2v) is 4.29. The fourth-order valence-electron chi connectivity index (χ4n) is 1.49. The molecule has 4 nitrogen and oxygen atoms in total. The molecule has 0 spiro atoms. The van der Waals surface area contributed by atoms with Gasteiger partial charge >= 0.3 is 0 Å². The smallest absolute Gasteiger partial charge is 0.251 e. The number of hydrogen-bond acceptors (Lipinski definition) is 3. The van der Waals surface area contributed by atoms with Gasteiger partial charge in [-0.3, -0.25) is 4.79 Å². The molecule has 0 aliphatic rings. The van der Waals surface area contributed by atoms with Crippen molar-refractivity contribution < 1.29 is 9.90 Å². The number of rotatable bonds is 6.